The van der Waals surface area contributed by atoms with Crippen LogP contribution < -0.4 is 4.74 Å². The standard InChI is InChI=1S/C15H18ClNO4/c1-4-21-15(19)14(13(18)9-16)10(2)17-11-5-7-12(20-3)8-6-11/h5-8,18H,4,9H2,1-3H3/b14-13+,17-10?. The molecule has 5 nitrogen and oxygen atoms in total. The van der Waals surface area contributed by atoms with E-state index in [1.807, 2.05) is 0 Å². The molecule has 0 aromatic heterocycles. The van der Waals surface area contributed by atoms with Crippen LogP contribution in [0.5, 0.6) is 5.75 Å². The first-order valence-electron chi connectivity index (χ1n) is 6.38. The van der Waals surface area contributed by atoms with E-state index < -0.39 is 5.97 Å². The van der Waals surface area contributed by atoms with Crippen LogP contribution in [0.4, 0.5) is 5.69 Å². The lowest BCUT2D eigenvalue weighted by Gasteiger charge is -2.09. The minimum absolute atomic E-state index is 0.0114. The number of aliphatic hydroxyl groups is 1. The molecule has 0 aliphatic heterocycles. The number of carbonyl (C=O) groups is 1. The number of benzene rings is 1. The molecule has 0 radical (unpaired) electrons. The van der Waals surface area contributed by atoms with Gasteiger partial charge >= 0.3 is 5.97 Å². The number of hydrogen-bond acceptors (Lipinski definition) is 5. The third-order valence-corrected chi connectivity index (χ3v) is 2.88. The topological polar surface area (TPSA) is 68.1 Å². The van der Waals surface area contributed by atoms with Gasteiger partial charge in [0.1, 0.15) is 17.1 Å². The third-order valence-electron chi connectivity index (χ3n) is 2.63. The molecule has 0 atom stereocenters. The summed E-state index contributed by atoms with van der Waals surface area (Å²) in [7, 11) is 1.57. The SMILES string of the molecule is CCOC(=O)/C(C(C)=Nc1ccc(OC)cc1)=C(/O)CCl. The highest BCUT2D eigenvalue weighted by atomic mass is 35.5. The third kappa shape index (κ3) is 4.79. The summed E-state index contributed by atoms with van der Waals surface area (Å²) in [6.45, 7) is 3.50. The fourth-order valence-corrected chi connectivity index (χ4v) is 1.78. The first-order valence-corrected chi connectivity index (χ1v) is 6.91. The fraction of sp³-hybridized carbons (Fsp3) is 0.333. The van der Waals surface area contributed by atoms with Crippen molar-refractivity contribution in [2.75, 3.05) is 19.6 Å². The van der Waals surface area contributed by atoms with Gasteiger partial charge in [0.05, 0.1) is 31.0 Å². The molecule has 21 heavy (non-hydrogen) atoms. The maximum atomic E-state index is 11.9. The highest BCUT2D eigenvalue weighted by Crippen LogP contribution is 2.20. The van der Waals surface area contributed by atoms with Crippen LogP contribution in [0.1, 0.15) is 13.8 Å². The molecule has 0 heterocycles. The molecule has 0 spiro atoms. The Labute approximate surface area is 128 Å². The number of halogens is 1. The zero-order valence-corrected chi connectivity index (χ0v) is 13.0. The van der Waals surface area contributed by atoms with E-state index in [0.717, 1.165) is 0 Å². The molecule has 0 unspecified atom stereocenters. The van der Waals surface area contributed by atoms with Crippen LogP contribution in [-0.4, -0.2) is 36.4 Å². The van der Waals surface area contributed by atoms with E-state index in [0.29, 0.717) is 17.1 Å². The monoisotopic (exact) mass is 311 g/mol. The Morgan fingerprint density at radius 1 is 1.33 bits per heavy atom. The van der Waals surface area contributed by atoms with Crippen molar-refractivity contribution in [2.24, 2.45) is 4.99 Å². The van der Waals surface area contributed by atoms with E-state index in [-0.39, 0.29) is 23.8 Å². The number of alkyl halides is 1. The van der Waals surface area contributed by atoms with Gasteiger partial charge in [0.15, 0.2) is 0 Å². The Morgan fingerprint density at radius 2 is 1.95 bits per heavy atom. The Bertz CT molecular complexity index is 549. The quantitative estimate of drug-likeness (QED) is 0.287. The second kappa shape index (κ2) is 8.32. The van der Waals surface area contributed by atoms with Gasteiger partial charge in [0.2, 0.25) is 0 Å². The number of allylic oxidation sites excluding steroid dienone is 1. The van der Waals surface area contributed by atoms with Gasteiger partial charge in [0, 0.05) is 0 Å². The predicted molar refractivity (Wildman–Crippen MR) is 82.8 cm³/mol. The molecule has 0 fully saturated rings. The van der Waals surface area contributed by atoms with Gasteiger partial charge in [-0.2, -0.15) is 0 Å². The normalized spacial score (nSPS) is 12.7. The second-order valence-electron chi connectivity index (χ2n) is 4.07. The van der Waals surface area contributed by atoms with Gasteiger partial charge < -0.3 is 14.6 Å². The van der Waals surface area contributed by atoms with E-state index in [1.54, 1.807) is 45.2 Å². The molecule has 1 rings (SSSR count). The lowest BCUT2D eigenvalue weighted by atomic mass is 10.1. The highest BCUT2D eigenvalue weighted by Gasteiger charge is 2.19. The minimum atomic E-state index is -0.648. The van der Waals surface area contributed by atoms with Gasteiger partial charge in [0.25, 0.3) is 0 Å². The van der Waals surface area contributed by atoms with Gasteiger partial charge in [-0.15, -0.1) is 11.6 Å². The number of nitrogens with zero attached hydrogens (tertiary/aromatic N) is 1. The number of ether oxygens (including phenoxy) is 2. The largest absolute Gasteiger partial charge is 0.510 e. The maximum Gasteiger partial charge on any atom is 0.343 e. The van der Waals surface area contributed by atoms with E-state index in [2.05, 4.69) is 4.99 Å². The lowest BCUT2D eigenvalue weighted by Crippen LogP contribution is -2.17. The highest BCUT2D eigenvalue weighted by molar-refractivity contribution is 6.23. The molecule has 0 saturated heterocycles. The van der Waals surface area contributed by atoms with Crippen LogP contribution >= 0.6 is 11.6 Å². The van der Waals surface area contributed by atoms with E-state index in [9.17, 15) is 9.90 Å². The summed E-state index contributed by atoms with van der Waals surface area (Å²) in [4.78, 5) is 16.2. The average Bonchev–Trinajstić information content (AvgIpc) is 2.48. The van der Waals surface area contributed by atoms with Crippen molar-refractivity contribution in [1.29, 1.82) is 0 Å². The number of rotatable bonds is 6. The zero-order chi connectivity index (χ0) is 15.8. The summed E-state index contributed by atoms with van der Waals surface area (Å²) in [5.74, 6) is -0.393. The molecule has 0 amide bonds. The molecule has 1 aromatic carbocycles. The van der Waals surface area contributed by atoms with Crippen molar-refractivity contribution >= 4 is 29.0 Å². The van der Waals surface area contributed by atoms with Crippen molar-refractivity contribution in [2.45, 2.75) is 13.8 Å². The van der Waals surface area contributed by atoms with Crippen LogP contribution in [0, 0.1) is 0 Å². The lowest BCUT2D eigenvalue weighted by molar-refractivity contribution is -0.138. The number of methoxy groups -OCH3 is 1. The van der Waals surface area contributed by atoms with E-state index >= 15 is 0 Å². The van der Waals surface area contributed by atoms with Gasteiger partial charge in [-0.3, -0.25) is 4.99 Å². The Balaban J connectivity index is 3.12. The van der Waals surface area contributed by atoms with Crippen molar-refractivity contribution < 1.29 is 19.4 Å². The number of carbonyl (C=O) groups excluding carboxylic acids is 1. The second-order valence-corrected chi connectivity index (χ2v) is 4.34. The molecule has 0 aliphatic carbocycles. The Morgan fingerprint density at radius 3 is 2.43 bits per heavy atom. The summed E-state index contributed by atoms with van der Waals surface area (Å²) in [5, 5.41) is 9.79. The van der Waals surface area contributed by atoms with E-state index in [4.69, 9.17) is 21.1 Å². The molecular formula is C15H18ClNO4. The molecule has 0 bridgehead atoms. The summed E-state index contributed by atoms with van der Waals surface area (Å²) in [6, 6.07) is 6.98. The van der Waals surface area contributed by atoms with Crippen molar-refractivity contribution in [3.05, 3.63) is 35.6 Å². The number of hydrogen-bond donors (Lipinski definition) is 1. The van der Waals surface area contributed by atoms with Gasteiger partial charge in [-0.25, -0.2) is 4.79 Å². The summed E-state index contributed by atoms with van der Waals surface area (Å²) in [6.07, 6.45) is 0. The first kappa shape index (κ1) is 17.0. The summed E-state index contributed by atoms with van der Waals surface area (Å²) in [5.41, 5.74) is 0.942. The van der Waals surface area contributed by atoms with Crippen LogP contribution in [0.2, 0.25) is 0 Å². The molecule has 114 valence electrons. The fourth-order valence-electron chi connectivity index (χ4n) is 1.65. The predicted octanol–water partition coefficient (Wildman–Crippen LogP) is 3.40. The number of aliphatic hydroxyl groups excluding tert-OH is 1. The maximum absolute atomic E-state index is 11.9. The molecule has 0 saturated carbocycles. The van der Waals surface area contributed by atoms with E-state index in [1.165, 1.54) is 0 Å². The average molecular weight is 312 g/mol. The minimum Gasteiger partial charge on any atom is -0.510 e. The van der Waals surface area contributed by atoms with Crippen LogP contribution in [0.25, 0.3) is 0 Å². The molecule has 1 aromatic rings. The van der Waals surface area contributed by atoms with Crippen LogP contribution in [0.15, 0.2) is 40.6 Å². The molecule has 1 N–H and O–H groups in total. The Kier molecular flexibility index (Phi) is 6.75. The van der Waals surface area contributed by atoms with Crippen molar-refractivity contribution in [3.63, 3.8) is 0 Å². The summed E-state index contributed by atoms with van der Waals surface area (Å²) < 4.78 is 9.96. The van der Waals surface area contributed by atoms with Gasteiger partial charge in [-0.05, 0) is 38.1 Å². The zero-order valence-electron chi connectivity index (χ0n) is 12.2. The van der Waals surface area contributed by atoms with Crippen molar-refractivity contribution in [3.8, 4) is 5.75 Å². The molecular weight excluding hydrogens is 294 g/mol. The Hall–Kier alpha value is -2.01. The summed E-state index contributed by atoms with van der Waals surface area (Å²) >= 11 is 5.59. The number of aliphatic imine (C=N–C) groups is 1. The van der Waals surface area contributed by atoms with Gasteiger partial charge in [-0.1, -0.05) is 0 Å². The number of esters is 1. The molecule has 6 heteroatoms. The molecule has 0 aliphatic rings. The first-order chi connectivity index (χ1) is 10.0. The van der Waals surface area contributed by atoms with Crippen LogP contribution in [0.3, 0.4) is 0 Å². The van der Waals surface area contributed by atoms with Crippen LogP contribution in [-0.2, 0) is 9.53 Å². The van der Waals surface area contributed by atoms with Crippen molar-refractivity contribution in [1.82, 2.24) is 0 Å². The smallest absolute Gasteiger partial charge is 0.343 e.